The highest BCUT2D eigenvalue weighted by Crippen LogP contribution is 2.36. The van der Waals surface area contributed by atoms with Gasteiger partial charge in [0.2, 0.25) is 0 Å². The van der Waals surface area contributed by atoms with Gasteiger partial charge in [0, 0.05) is 68.6 Å². The van der Waals surface area contributed by atoms with Crippen molar-refractivity contribution < 1.29 is 14.3 Å². The molecule has 3 aromatic carbocycles. The summed E-state index contributed by atoms with van der Waals surface area (Å²) in [5, 5.41) is 3.05. The number of rotatable bonds is 13. The van der Waals surface area contributed by atoms with Crippen LogP contribution in [0.3, 0.4) is 0 Å². The number of para-hydroxylation sites is 1. The number of nitrogens with one attached hydrogen (secondary N) is 1. The van der Waals surface area contributed by atoms with E-state index in [1.165, 1.54) is 24.0 Å². The number of nitrogens with zero attached hydrogens (tertiary/aromatic N) is 3. The van der Waals surface area contributed by atoms with E-state index in [1.807, 2.05) is 55.5 Å². The van der Waals surface area contributed by atoms with E-state index in [2.05, 4.69) is 59.6 Å². The summed E-state index contributed by atoms with van der Waals surface area (Å²) in [5.41, 5.74) is 7.53. The van der Waals surface area contributed by atoms with Crippen molar-refractivity contribution in [3.8, 4) is 5.75 Å². The molecule has 0 aliphatic carbocycles. The molecule has 238 valence electrons. The number of fused-ring (bicyclic) bond motifs is 2. The van der Waals surface area contributed by atoms with Crippen LogP contribution >= 0.6 is 0 Å². The minimum atomic E-state index is -0.188. The smallest absolute Gasteiger partial charge is 0.251 e. The van der Waals surface area contributed by atoms with Gasteiger partial charge >= 0.3 is 0 Å². The van der Waals surface area contributed by atoms with Crippen LogP contribution < -0.4 is 15.0 Å². The number of carbonyl (C=O) groups is 2. The highest BCUT2D eigenvalue weighted by Gasteiger charge is 2.39. The Morgan fingerprint density at radius 1 is 0.978 bits per heavy atom. The SMILES string of the molecule is C=C(C(=O)NCc1ccc(C)c(C)c1)c1cccc(OC)c1N(C)CCCN1C2CCC1CN(CC(=O)c1cccc(C)c1)C2. The Kier molecular flexibility index (Phi) is 10.4. The number of ether oxygens (including phenoxy) is 1. The van der Waals surface area contributed by atoms with Crippen molar-refractivity contribution in [2.75, 3.05) is 51.8 Å². The largest absolute Gasteiger partial charge is 0.495 e. The number of likely N-dealkylation sites (tertiary alicyclic amines) is 1. The van der Waals surface area contributed by atoms with Gasteiger partial charge in [0.1, 0.15) is 5.75 Å². The van der Waals surface area contributed by atoms with Crippen molar-refractivity contribution in [2.45, 2.75) is 58.7 Å². The van der Waals surface area contributed by atoms with Crippen LogP contribution in [0.4, 0.5) is 5.69 Å². The molecule has 2 fully saturated rings. The molecule has 2 unspecified atom stereocenters. The molecule has 7 nitrogen and oxygen atoms in total. The number of aryl methyl sites for hydroxylation is 3. The molecule has 1 N–H and O–H groups in total. The number of anilines is 1. The van der Waals surface area contributed by atoms with E-state index in [1.54, 1.807) is 7.11 Å². The summed E-state index contributed by atoms with van der Waals surface area (Å²) in [7, 11) is 3.73. The van der Waals surface area contributed by atoms with E-state index in [9.17, 15) is 9.59 Å². The summed E-state index contributed by atoms with van der Waals surface area (Å²) in [6, 6.07) is 20.9. The fourth-order valence-electron chi connectivity index (χ4n) is 6.94. The molecule has 2 bridgehead atoms. The van der Waals surface area contributed by atoms with Gasteiger partial charge in [-0.05, 0) is 68.9 Å². The van der Waals surface area contributed by atoms with E-state index in [0.717, 1.165) is 66.3 Å². The number of carbonyl (C=O) groups excluding carboxylic acids is 2. The summed E-state index contributed by atoms with van der Waals surface area (Å²) in [6.45, 7) is 15.0. The van der Waals surface area contributed by atoms with Gasteiger partial charge in [-0.25, -0.2) is 0 Å². The zero-order valence-corrected chi connectivity index (χ0v) is 27.6. The lowest BCUT2D eigenvalue weighted by Gasteiger charge is -2.41. The molecule has 5 rings (SSSR count). The standard InChI is InChI=1S/C38H48N4O3/c1-26-10-7-11-31(20-26)35(43)25-41-23-32-16-17-33(24-41)42(32)19-9-18-40(5)37-34(12-8-13-36(37)45-6)29(4)38(44)39-22-30-15-14-27(2)28(3)21-30/h7-8,10-15,20-21,32-33H,4,9,16-19,22-25H2,1-3,5-6H3,(H,39,44). The number of hydrogen-bond donors (Lipinski definition) is 1. The Morgan fingerprint density at radius 2 is 1.71 bits per heavy atom. The lowest BCUT2D eigenvalue weighted by atomic mass is 10.0. The second-order valence-electron chi connectivity index (χ2n) is 12.8. The monoisotopic (exact) mass is 608 g/mol. The summed E-state index contributed by atoms with van der Waals surface area (Å²) >= 11 is 0. The zero-order valence-electron chi connectivity index (χ0n) is 27.6. The fourth-order valence-corrected chi connectivity index (χ4v) is 6.94. The van der Waals surface area contributed by atoms with E-state index < -0.39 is 0 Å². The Balaban J connectivity index is 1.17. The maximum atomic E-state index is 13.2. The quantitative estimate of drug-likeness (QED) is 0.195. The Morgan fingerprint density at radius 3 is 2.40 bits per heavy atom. The van der Waals surface area contributed by atoms with Crippen LogP contribution in [0, 0.1) is 20.8 Å². The lowest BCUT2D eigenvalue weighted by molar-refractivity contribution is -0.115. The van der Waals surface area contributed by atoms with Gasteiger partial charge < -0.3 is 15.0 Å². The number of amides is 1. The van der Waals surface area contributed by atoms with Gasteiger partial charge in [0.15, 0.2) is 5.78 Å². The topological polar surface area (TPSA) is 65.1 Å². The molecule has 2 saturated heterocycles. The molecular formula is C38H48N4O3. The van der Waals surface area contributed by atoms with Crippen molar-refractivity contribution in [3.05, 3.63) is 101 Å². The first-order valence-corrected chi connectivity index (χ1v) is 16.1. The van der Waals surface area contributed by atoms with Crippen molar-refractivity contribution in [1.82, 2.24) is 15.1 Å². The number of methoxy groups -OCH3 is 1. The van der Waals surface area contributed by atoms with Crippen LogP contribution in [0.15, 0.2) is 67.2 Å². The first-order valence-electron chi connectivity index (χ1n) is 16.1. The first kappa shape index (κ1) is 32.5. The van der Waals surface area contributed by atoms with Crippen LogP contribution in [0.25, 0.3) is 5.57 Å². The number of hydrogen-bond acceptors (Lipinski definition) is 6. The van der Waals surface area contributed by atoms with Crippen molar-refractivity contribution in [3.63, 3.8) is 0 Å². The van der Waals surface area contributed by atoms with E-state index in [-0.39, 0.29) is 11.7 Å². The second-order valence-corrected chi connectivity index (χ2v) is 12.8. The molecule has 3 aromatic rings. The van der Waals surface area contributed by atoms with Crippen molar-refractivity contribution in [1.29, 1.82) is 0 Å². The van der Waals surface area contributed by atoms with Gasteiger partial charge in [0.05, 0.1) is 19.3 Å². The minimum absolute atomic E-state index is 0.188. The first-order chi connectivity index (χ1) is 21.6. The van der Waals surface area contributed by atoms with Crippen LogP contribution in [-0.2, 0) is 11.3 Å². The average Bonchev–Trinajstić information content (AvgIpc) is 3.27. The molecule has 2 heterocycles. The van der Waals surface area contributed by atoms with E-state index in [4.69, 9.17) is 4.74 Å². The van der Waals surface area contributed by atoms with Crippen molar-refractivity contribution >= 4 is 23.0 Å². The molecule has 2 aliphatic rings. The normalized spacial score (nSPS) is 18.1. The number of ketones is 1. The third-order valence-corrected chi connectivity index (χ3v) is 9.55. The van der Waals surface area contributed by atoms with Crippen LogP contribution in [0.2, 0.25) is 0 Å². The molecule has 1 amide bonds. The molecule has 0 saturated carbocycles. The van der Waals surface area contributed by atoms with Gasteiger partial charge in [0.25, 0.3) is 5.91 Å². The van der Waals surface area contributed by atoms with Crippen LogP contribution in [-0.4, -0.2) is 80.5 Å². The summed E-state index contributed by atoms with van der Waals surface area (Å²) in [5.74, 6) is 0.748. The zero-order chi connectivity index (χ0) is 32.1. The third-order valence-electron chi connectivity index (χ3n) is 9.55. The Bertz CT molecular complexity index is 1540. The molecule has 0 spiro atoms. The van der Waals surface area contributed by atoms with Crippen molar-refractivity contribution in [2.24, 2.45) is 0 Å². The number of benzene rings is 3. The predicted octanol–water partition coefficient (Wildman–Crippen LogP) is 5.81. The third kappa shape index (κ3) is 7.66. The molecule has 45 heavy (non-hydrogen) atoms. The van der Waals surface area contributed by atoms with E-state index in [0.29, 0.717) is 30.7 Å². The Labute approximate surface area is 268 Å². The maximum absolute atomic E-state index is 13.2. The van der Waals surface area contributed by atoms with Crippen LogP contribution in [0.5, 0.6) is 5.75 Å². The molecule has 0 aromatic heterocycles. The van der Waals surface area contributed by atoms with Crippen LogP contribution in [0.1, 0.15) is 57.4 Å². The molecule has 0 radical (unpaired) electrons. The minimum Gasteiger partial charge on any atom is -0.495 e. The molecule has 7 heteroatoms. The molecule has 2 atom stereocenters. The summed E-state index contributed by atoms with van der Waals surface area (Å²) in [4.78, 5) is 33.4. The Hall–Kier alpha value is -3.94. The summed E-state index contributed by atoms with van der Waals surface area (Å²) < 4.78 is 5.76. The average molecular weight is 609 g/mol. The highest BCUT2D eigenvalue weighted by atomic mass is 16.5. The lowest BCUT2D eigenvalue weighted by Crippen LogP contribution is -2.55. The fraction of sp³-hybridized carbons (Fsp3) is 0.421. The van der Waals surface area contributed by atoms with Gasteiger partial charge in [-0.15, -0.1) is 0 Å². The second kappa shape index (κ2) is 14.4. The van der Waals surface area contributed by atoms with Gasteiger partial charge in [-0.1, -0.05) is 60.7 Å². The molecular weight excluding hydrogens is 560 g/mol. The predicted molar refractivity (Wildman–Crippen MR) is 183 cm³/mol. The number of Topliss-reactive ketones (excluding diaryl/α,β-unsaturated/α-hetero) is 1. The van der Waals surface area contributed by atoms with Gasteiger partial charge in [-0.3, -0.25) is 19.4 Å². The summed E-state index contributed by atoms with van der Waals surface area (Å²) in [6.07, 6.45) is 3.35. The number of piperazine rings is 1. The van der Waals surface area contributed by atoms with E-state index >= 15 is 0 Å². The van der Waals surface area contributed by atoms with Gasteiger partial charge in [-0.2, -0.15) is 0 Å². The maximum Gasteiger partial charge on any atom is 0.251 e. The highest BCUT2D eigenvalue weighted by molar-refractivity contribution is 6.20. The molecule has 2 aliphatic heterocycles.